The van der Waals surface area contributed by atoms with E-state index in [1.807, 2.05) is 6.92 Å². The number of hydrogen-bond donors (Lipinski definition) is 0. The predicted molar refractivity (Wildman–Crippen MR) is 96.4 cm³/mol. The first-order valence-corrected chi connectivity index (χ1v) is 9.21. The summed E-state index contributed by atoms with van der Waals surface area (Å²) in [5, 5.41) is 0. The zero-order chi connectivity index (χ0) is 16.9. The van der Waals surface area contributed by atoms with Crippen LogP contribution in [0, 0.1) is 11.3 Å². The second-order valence-corrected chi connectivity index (χ2v) is 7.67. The number of carbonyl (C=O) groups excluding carboxylic acids is 1. The van der Waals surface area contributed by atoms with Crippen molar-refractivity contribution in [1.29, 1.82) is 0 Å². The Bertz CT molecular complexity index is 755. The normalized spacial score (nSPS) is 30.6. The van der Waals surface area contributed by atoms with Gasteiger partial charge in [-0.25, -0.2) is 0 Å². The fraction of sp³-hybridized carbons (Fsp3) is 0.500. The van der Waals surface area contributed by atoms with Crippen molar-refractivity contribution in [1.82, 2.24) is 0 Å². The molecule has 126 valence electrons. The Morgan fingerprint density at radius 3 is 2.83 bits per heavy atom. The number of hydrogen-bond acceptors (Lipinski definition) is 2. The van der Waals surface area contributed by atoms with Crippen molar-refractivity contribution in [3.05, 3.63) is 52.6 Å². The smallest absolute Gasteiger partial charge is 0.159 e. The van der Waals surface area contributed by atoms with Gasteiger partial charge in [-0.2, -0.15) is 0 Å². The summed E-state index contributed by atoms with van der Waals surface area (Å²) in [6.45, 7) is 4.27. The maximum Gasteiger partial charge on any atom is 0.159 e. The van der Waals surface area contributed by atoms with Crippen LogP contribution in [0.15, 0.2) is 41.5 Å². The number of aryl methyl sites for hydroxylation is 1. The first-order valence-electron chi connectivity index (χ1n) is 9.21. The van der Waals surface area contributed by atoms with Gasteiger partial charge >= 0.3 is 0 Å². The Labute approximate surface area is 144 Å². The first kappa shape index (κ1) is 15.7. The zero-order valence-electron chi connectivity index (χ0n) is 14.9. The SMILES string of the molecule is CCC(=O)C1=CC=C2[C@@H]3CCc4cc(OC)ccc4[C@H]3CC[C@]12C. The molecule has 4 rings (SSSR count). The molecule has 1 saturated carbocycles. The summed E-state index contributed by atoms with van der Waals surface area (Å²) in [5.41, 5.74) is 5.51. The molecule has 2 heteroatoms. The molecule has 0 aromatic heterocycles. The summed E-state index contributed by atoms with van der Waals surface area (Å²) in [7, 11) is 1.74. The third kappa shape index (κ3) is 2.12. The molecule has 1 aromatic carbocycles. The number of ketones is 1. The molecule has 3 aliphatic carbocycles. The Morgan fingerprint density at radius 1 is 1.25 bits per heavy atom. The van der Waals surface area contributed by atoms with E-state index in [-0.39, 0.29) is 5.41 Å². The van der Waals surface area contributed by atoms with E-state index >= 15 is 0 Å². The van der Waals surface area contributed by atoms with Crippen molar-refractivity contribution in [3.63, 3.8) is 0 Å². The van der Waals surface area contributed by atoms with Gasteiger partial charge in [-0.05, 0) is 60.8 Å². The minimum absolute atomic E-state index is 0.0156. The van der Waals surface area contributed by atoms with Gasteiger partial charge in [0, 0.05) is 17.4 Å². The summed E-state index contributed by atoms with van der Waals surface area (Å²) in [5.74, 6) is 2.47. The maximum absolute atomic E-state index is 12.4. The van der Waals surface area contributed by atoms with Gasteiger partial charge in [0.05, 0.1) is 7.11 Å². The van der Waals surface area contributed by atoms with E-state index in [1.165, 1.54) is 29.5 Å². The summed E-state index contributed by atoms with van der Waals surface area (Å²) < 4.78 is 5.40. The highest BCUT2D eigenvalue weighted by Gasteiger charge is 2.48. The van der Waals surface area contributed by atoms with Gasteiger partial charge in [0.25, 0.3) is 0 Å². The van der Waals surface area contributed by atoms with Gasteiger partial charge in [-0.15, -0.1) is 0 Å². The second-order valence-electron chi connectivity index (χ2n) is 7.67. The van der Waals surface area contributed by atoms with Crippen molar-refractivity contribution >= 4 is 5.78 Å². The van der Waals surface area contributed by atoms with Crippen LogP contribution in [0.2, 0.25) is 0 Å². The van der Waals surface area contributed by atoms with Crippen LogP contribution in [0.25, 0.3) is 0 Å². The summed E-state index contributed by atoms with van der Waals surface area (Å²) >= 11 is 0. The van der Waals surface area contributed by atoms with Crippen molar-refractivity contribution in [2.24, 2.45) is 11.3 Å². The standard InChI is InChI=1S/C22H26O2/c1-4-21(23)20-10-9-19-18-7-5-14-13-15(24-3)6-8-16(14)17(18)11-12-22(19,20)2/h6,8-10,13,17-18H,4-5,7,11-12H2,1-3H3/t17-,18-,22+/m1/s1. The van der Waals surface area contributed by atoms with Gasteiger partial charge in [-0.3, -0.25) is 4.79 Å². The fourth-order valence-corrected chi connectivity index (χ4v) is 5.29. The predicted octanol–water partition coefficient (Wildman–Crippen LogP) is 4.99. The van der Waals surface area contributed by atoms with Crippen molar-refractivity contribution in [2.45, 2.75) is 51.9 Å². The quantitative estimate of drug-likeness (QED) is 0.784. The van der Waals surface area contributed by atoms with Gasteiger partial charge < -0.3 is 4.74 Å². The largest absolute Gasteiger partial charge is 0.497 e. The molecule has 3 atom stereocenters. The van der Waals surface area contributed by atoms with Gasteiger partial charge in [-0.1, -0.05) is 37.6 Å². The Hall–Kier alpha value is -1.83. The molecular formula is C22H26O2. The number of Topliss-reactive ketones (excluding diaryl/α,β-unsaturated/α-hetero) is 1. The minimum Gasteiger partial charge on any atom is -0.497 e. The van der Waals surface area contributed by atoms with Crippen LogP contribution in [0.4, 0.5) is 0 Å². The molecule has 0 saturated heterocycles. The second kappa shape index (κ2) is 5.61. The van der Waals surface area contributed by atoms with E-state index in [0.29, 0.717) is 24.0 Å². The van der Waals surface area contributed by atoms with E-state index in [9.17, 15) is 4.79 Å². The summed E-state index contributed by atoms with van der Waals surface area (Å²) in [6, 6.07) is 6.59. The lowest BCUT2D eigenvalue weighted by molar-refractivity contribution is -0.116. The van der Waals surface area contributed by atoms with Crippen molar-refractivity contribution in [2.75, 3.05) is 7.11 Å². The molecular weight excluding hydrogens is 296 g/mol. The topological polar surface area (TPSA) is 26.3 Å². The third-order valence-corrected chi connectivity index (χ3v) is 6.60. The van der Waals surface area contributed by atoms with E-state index in [4.69, 9.17) is 4.74 Å². The van der Waals surface area contributed by atoms with Gasteiger partial charge in [0.1, 0.15) is 5.75 Å². The summed E-state index contributed by atoms with van der Waals surface area (Å²) in [4.78, 5) is 12.4. The van der Waals surface area contributed by atoms with Crippen LogP contribution in [0.3, 0.4) is 0 Å². The number of benzene rings is 1. The summed E-state index contributed by atoms with van der Waals surface area (Å²) in [6.07, 6.45) is 9.56. The lowest BCUT2D eigenvalue weighted by atomic mass is 9.56. The highest BCUT2D eigenvalue weighted by Crippen LogP contribution is 2.59. The molecule has 1 aromatic rings. The number of fused-ring (bicyclic) bond motifs is 5. The van der Waals surface area contributed by atoms with Crippen molar-refractivity contribution in [3.8, 4) is 5.75 Å². The van der Waals surface area contributed by atoms with Crippen LogP contribution >= 0.6 is 0 Å². The molecule has 0 bridgehead atoms. The average Bonchev–Trinajstić information content (AvgIpc) is 2.97. The molecule has 0 amide bonds. The molecule has 0 spiro atoms. The number of carbonyl (C=O) groups is 1. The molecule has 0 unspecified atom stereocenters. The van der Waals surface area contributed by atoms with E-state index in [0.717, 1.165) is 24.2 Å². The minimum atomic E-state index is -0.0156. The third-order valence-electron chi connectivity index (χ3n) is 6.60. The Balaban J connectivity index is 1.67. The maximum atomic E-state index is 12.4. The molecule has 0 aliphatic heterocycles. The van der Waals surface area contributed by atoms with E-state index < -0.39 is 0 Å². The zero-order valence-corrected chi connectivity index (χ0v) is 14.9. The Morgan fingerprint density at radius 2 is 2.08 bits per heavy atom. The molecule has 0 radical (unpaired) electrons. The van der Waals surface area contributed by atoms with Crippen molar-refractivity contribution < 1.29 is 9.53 Å². The fourth-order valence-electron chi connectivity index (χ4n) is 5.29. The van der Waals surface area contributed by atoms with Crippen LogP contribution < -0.4 is 4.74 Å². The molecule has 0 heterocycles. The molecule has 1 fully saturated rings. The average molecular weight is 322 g/mol. The number of allylic oxidation sites excluding steroid dienone is 4. The van der Waals surface area contributed by atoms with Crippen LogP contribution in [-0.4, -0.2) is 12.9 Å². The van der Waals surface area contributed by atoms with Crippen LogP contribution in [0.1, 0.15) is 56.6 Å². The van der Waals surface area contributed by atoms with Gasteiger partial charge in [0.15, 0.2) is 5.78 Å². The number of ether oxygens (including phenoxy) is 1. The van der Waals surface area contributed by atoms with Gasteiger partial charge in [0.2, 0.25) is 0 Å². The van der Waals surface area contributed by atoms with Crippen LogP contribution in [-0.2, 0) is 11.2 Å². The van der Waals surface area contributed by atoms with E-state index in [1.54, 1.807) is 7.11 Å². The molecule has 24 heavy (non-hydrogen) atoms. The highest BCUT2D eigenvalue weighted by atomic mass is 16.5. The number of methoxy groups -OCH3 is 1. The monoisotopic (exact) mass is 322 g/mol. The Kier molecular flexibility index (Phi) is 3.67. The lowest BCUT2D eigenvalue weighted by Gasteiger charge is -2.47. The van der Waals surface area contributed by atoms with Crippen LogP contribution in [0.5, 0.6) is 5.75 Å². The molecule has 3 aliphatic rings. The lowest BCUT2D eigenvalue weighted by Crippen LogP contribution is -2.37. The molecule has 2 nitrogen and oxygen atoms in total. The van der Waals surface area contributed by atoms with E-state index in [2.05, 4.69) is 37.3 Å². The molecule has 0 N–H and O–H groups in total. The highest BCUT2D eigenvalue weighted by molar-refractivity contribution is 5.98. The first-order chi connectivity index (χ1) is 11.6. The number of rotatable bonds is 3.